The Bertz CT molecular complexity index is 696. The van der Waals surface area contributed by atoms with Crippen LogP contribution in [0.15, 0.2) is 30.3 Å². The molecule has 0 spiro atoms. The van der Waals surface area contributed by atoms with Gasteiger partial charge in [0.15, 0.2) is 6.10 Å². The van der Waals surface area contributed by atoms with E-state index in [9.17, 15) is 24.6 Å². The van der Waals surface area contributed by atoms with Crippen LogP contribution in [0.5, 0.6) is 0 Å². The highest BCUT2D eigenvalue weighted by Gasteiger charge is 2.48. The number of aliphatic hydroxyl groups excluding tert-OH is 2. The largest absolute Gasteiger partial charge is 0.463 e. The van der Waals surface area contributed by atoms with E-state index in [1.165, 1.54) is 13.8 Å². The van der Waals surface area contributed by atoms with E-state index in [1.54, 1.807) is 30.3 Å². The predicted octanol–water partition coefficient (Wildman–Crippen LogP) is -0.0874. The predicted molar refractivity (Wildman–Crippen MR) is 93.5 cm³/mol. The second kappa shape index (κ2) is 9.60. The van der Waals surface area contributed by atoms with Gasteiger partial charge in [0, 0.05) is 20.8 Å². The van der Waals surface area contributed by atoms with Gasteiger partial charge in [-0.15, -0.1) is 0 Å². The Labute approximate surface area is 161 Å². The van der Waals surface area contributed by atoms with E-state index in [4.69, 9.17) is 19.0 Å². The molecule has 0 saturated carbocycles. The number of amides is 1. The lowest BCUT2D eigenvalue weighted by atomic mass is 9.99. The van der Waals surface area contributed by atoms with Gasteiger partial charge >= 0.3 is 11.9 Å². The number of benzene rings is 1. The minimum atomic E-state index is -1.61. The second-order valence-electron chi connectivity index (χ2n) is 6.16. The number of para-hydroxylation sites is 1. The van der Waals surface area contributed by atoms with Crippen LogP contribution >= 0.6 is 0 Å². The summed E-state index contributed by atoms with van der Waals surface area (Å²) >= 11 is 0. The van der Waals surface area contributed by atoms with Gasteiger partial charge in [-0.25, -0.2) is 4.84 Å². The minimum absolute atomic E-state index is 0.369. The molecule has 0 aromatic heterocycles. The quantitative estimate of drug-likeness (QED) is 0.499. The SMILES string of the molecule is CC(=O)OC[C@H]1O[C@@H](ON(C(C)=O)c2ccccc2)[C@H](O)[C@@H](OC(C)=O)[C@@H]1O. The van der Waals surface area contributed by atoms with Crippen LogP contribution in [0.3, 0.4) is 0 Å². The first-order chi connectivity index (χ1) is 13.2. The molecule has 2 rings (SSSR count). The summed E-state index contributed by atoms with van der Waals surface area (Å²) in [7, 11) is 0. The molecular formula is C18H23NO9. The van der Waals surface area contributed by atoms with E-state index in [2.05, 4.69) is 0 Å². The minimum Gasteiger partial charge on any atom is -0.463 e. The second-order valence-corrected chi connectivity index (χ2v) is 6.16. The van der Waals surface area contributed by atoms with Gasteiger partial charge in [-0.3, -0.25) is 14.4 Å². The fourth-order valence-electron chi connectivity index (χ4n) is 2.64. The zero-order chi connectivity index (χ0) is 20.8. The number of hydroxylamine groups is 1. The summed E-state index contributed by atoms with van der Waals surface area (Å²) in [5.41, 5.74) is 0.373. The fourth-order valence-corrected chi connectivity index (χ4v) is 2.64. The van der Waals surface area contributed by atoms with Gasteiger partial charge in [-0.2, -0.15) is 5.06 Å². The topological polar surface area (TPSA) is 132 Å². The van der Waals surface area contributed by atoms with Crippen LogP contribution in [0.4, 0.5) is 5.69 Å². The molecule has 0 radical (unpaired) electrons. The van der Waals surface area contributed by atoms with Gasteiger partial charge < -0.3 is 24.4 Å². The molecule has 1 aromatic carbocycles. The molecule has 0 aliphatic carbocycles. The Kier molecular flexibility index (Phi) is 7.46. The van der Waals surface area contributed by atoms with Gasteiger partial charge in [-0.1, -0.05) is 18.2 Å². The highest BCUT2D eigenvalue weighted by molar-refractivity contribution is 5.89. The van der Waals surface area contributed by atoms with Crippen LogP contribution < -0.4 is 5.06 Å². The Balaban J connectivity index is 2.24. The number of hydrogen-bond donors (Lipinski definition) is 2. The molecule has 10 heteroatoms. The lowest BCUT2D eigenvalue weighted by molar-refractivity contribution is -0.305. The fraction of sp³-hybridized carbons (Fsp3) is 0.500. The molecule has 0 bridgehead atoms. The van der Waals surface area contributed by atoms with E-state index < -0.39 is 48.6 Å². The summed E-state index contributed by atoms with van der Waals surface area (Å²) in [6, 6.07) is 8.32. The van der Waals surface area contributed by atoms with Crippen LogP contribution in [-0.4, -0.2) is 65.4 Å². The molecule has 10 nitrogen and oxygen atoms in total. The van der Waals surface area contributed by atoms with Crippen molar-refractivity contribution < 1.29 is 43.6 Å². The van der Waals surface area contributed by atoms with Gasteiger partial charge in [0.05, 0.1) is 5.69 Å². The molecule has 1 saturated heterocycles. The normalized spacial score (nSPS) is 27.0. The molecule has 154 valence electrons. The Hall–Kier alpha value is -2.53. The molecule has 5 atom stereocenters. The van der Waals surface area contributed by atoms with Gasteiger partial charge in [0.1, 0.15) is 24.9 Å². The van der Waals surface area contributed by atoms with Crippen molar-refractivity contribution in [2.45, 2.75) is 51.5 Å². The Morgan fingerprint density at radius 3 is 2.21 bits per heavy atom. The number of rotatable bonds is 6. The summed E-state index contributed by atoms with van der Waals surface area (Å²) in [6.45, 7) is 3.16. The van der Waals surface area contributed by atoms with Crippen molar-refractivity contribution >= 4 is 23.5 Å². The summed E-state index contributed by atoms with van der Waals surface area (Å²) in [5, 5.41) is 21.7. The maximum atomic E-state index is 12.0. The first-order valence-corrected chi connectivity index (χ1v) is 8.55. The number of nitrogens with zero attached hydrogens (tertiary/aromatic N) is 1. The third-order valence-corrected chi connectivity index (χ3v) is 3.88. The van der Waals surface area contributed by atoms with Gasteiger partial charge in [-0.05, 0) is 12.1 Å². The standard InChI is InChI=1S/C18H23NO9/c1-10(20)19(13-7-5-4-6-8-13)28-18-16(24)17(26-12(3)22)15(23)14(27-18)9-25-11(2)21/h4-8,14-18,23-24H,9H2,1-3H3/t14-,15-,16-,17+,18+/m1/s1. The summed E-state index contributed by atoms with van der Waals surface area (Å²) < 4.78 is 15.3. The van der Waals surface area contributed by atoms with Crippen molar-refractivity contribution in [2.24, 2.45) is 0 Å². The third kappa shape index (κ3) is 5.49. The van der Waals surface area contributed by atoms with E-state index >= 15 is 0 Å². The molecule has 1 aliphatic rings. The molecule has 0 unspecified atom stereocenters. The molecule has 28 heavy (non-hydrogen) atoms. The molecule has 1 aromatic rings. The molecular weight excluding hydrogens is 374 g/mol. The van der Waals surface area contributed by atoms with Crippen molar-refractivity contribution in [3.63, 3.8) is 0 Å². The molecule has 1 aliphatic heterocycles. The molecule has 2 N–H and O–H groups in total. The highest BCUT2D eigenvalue weighted by atomic mass is 16.8. The number of aliphatic hydroxyl groups is 2. The van der Waals surface area contributed by atoms with Crippen LogP contribution in [0.2, 0.25) is 0 Å². The zero-order valence-electron chi connectivity index (χ0n) is 15.7. The van der Waals surface area contributed by atoms with Crippen LogP contribution in [0, 0.1) is 0 Å². The van der Waals surface area contributed by atoms with Crippen molar-refractivity contribution in [1.82, 2.24) is 0 Å². The summed E-state index contributed by atoms with van der Waals surface area (Å²) in [5.74, 6) is -1.87. The molecule has 1 amide bonds. The van der Waals surface area contributed by atoms with Crippen LogP contribution in [0.25, 0.3) is 0 Å². The molecule has 1 heterocycles. The average molecular weight is 397 g/mol. The average Bonchev–Trinajstić information content (AvgIpc) is 2.63. The number of anilines is 1. The number of esters is 2. The number of hydrogen-bond acceptors (Lipinski definition) is 9. The van der Waals surface area contributed by atoms with Gasteiger partial charge in [0.25, 0.3) is 0 Å². The summed E-state index contributed by atoms with van der Waals surface area (Å²) in [6.07, 6.45) is -7.16. The number of carbonyl (C=O) groups excluding carboxylic acids is 3. The summed E-state index contributed by atoms with van der Waals surface area (Å²) in [4.78, 5) is 40.0. The lowest BCUT2D eigenvalue weighted by Gasteiger charge is -2.42. The van der Waals surface area contributed by atoms with Crippen LogP contribution in [0.1, 0.15) is 20.8 Å². The monoisotopic (exact) mass is 397 g/mol. The van der Waals surface area contributed by atoms with E-state index in [0.29, 0.717) is 5.69 Å². The number of ether oxygens (including phenoxy) is 3. The van der Waals surface area contributed by atoms with Crippen LogP contribution in [-0.2, 0) is 33.4 Å². The first kappa shape index (κ1) is 21.8. The maximum absolute atomic E-state index is 12.0. The lowest BCUT2D eigenvalue weighted by Crippen LogP contribution is -2.61. The van der Waals surface area contributed by atoms with Crippen molar-refractivity contribution in [1.29, 1.82) is 0 Å². The zero-order valence-corrected chi connectivity index (χ0v) is 15.7. The first-order valence-electron chi connectivity index (χ1n) is 8.55. The molecule has 1 fully saturated rings. The highest BCUT2D eigenvalue weighted by Crippen LogP contribution is 2.27. The van der Waals surface area contributed by atoms with Crippen molar-refractivity contribution in [3.05, 3.63) is 30.3 Å². The van der Waals surface area contributed by atoms with E-state index in [1.807, 2.05) is 0 Å². The van der Waals surface area contributed by atoms with Crippen molar-refractivity contribution in [3.8, 4) is 0 Å². The Morgan fingerprint density at radius 2 is 1.68 bits per heavy atom. The third-order valence-electron chi connectivity index (χ3n) is 3.88. The Morgan fingerprint density at radius 1 is 1.04 bits per heavy atom. The number of carbonyl (C=O) groups is 3. The van der Waals surface area contributed by atoms with Gasteiger partial charge in [0.2, 0.25) is 12.2 Å². The maximum Gasteiger partial charge on any atom is 0.303 e. The van der Waals surface area contributed by atoms with E-state index in [-0.39, 0.29) is 6.61 Å². The van der Waals surface area contributed by atoms with E-state index in [0.717, 1.165) is 12.0 Å². The smallest absolute Gasteiger partial charge is 0.303 e. The van der Waals surface area contributed by atoms with Crippen molar-refractivity contribution in [2.75, 3.05) is 11.7 Å².